The van der Waals surface area contributed by atoms with Crippen LogP contribution >= 0.6 is 15.9 Å². The fourth-order valence-corrected chi connectivity index (χ4v) is 4.39. The van der Waals surface area contributed by atoms with E-state index in [-0.39, 0.29) is 0 Å². The molecule has 0 rings (SSSR count). The van der Waals surface area contributed by atoms with Crippen LogP contribution in [0.5, 0.6) is 0 Å². The first-order valence-electron chi connectivity index (χ1n) is 9.64. The number of halogens is 1. The summed E-state index contributed by atoms with van der Waals surface area (Å²) < 4.78 is 10.6. The van der Waals surface area contributed by atoms with Gasteiger partial charge < -0.3 is 9.47 Å². The van der Waals surface area contributed by atoms with E-state index < -0.39 is 0 Å². The molecular formula is C20H41BrO2. The molecule has 2 nitrogen and oxygen atoms in total. The minimum atomic E-state index is 0.448. The molecule has 3 heteroatoms. The molecule has 140 valence electrons. The van der Waals surface area contributed by atoms with Crippen LogP contribution < -0.4 is 0 Å². The molecule has 0 bridgehead atoms. The SMILES string of the molecule is CCOCOCCCC(C)CC(C)CC(C)CC(C)CC(C)Br. The summed E-state index contributed by atoms with van der Waals surface area (Å²) in [7, 11) is 0. The average molecular weight is 393 g/mol. The van der Waals surface area contributed by atoms with Crippen molar-refractivity contribution in [3.63, 3.8) is 0 Å². The molecule has 0 aromatic rings. The smallest absolute Gasteiger partial charge is 0.146 e. The number of rotatable bonds is 15. The maximum Gasteiger partial charge on any atom is 0.146 e. The monoisotopic (exact) mass is 392 g/mol. The molecule has 23 heavy (non-hydrogen) atoms. The Balaban J connectivity index is 3.71. The zero-order valence-corrected chi connectivity index (χ0v) is 18.0. The summed E-state index contributed by atoms with van der Waals surface area (Å²) in [5.74, 6) is 3.30. The first kappa shape index (κ1) is 23.4. The lowest BCUT2D eigenvalue weighted by Gasteiger charge is -2.23. The van der Waals surface area contributed by atoms with Crippen molar-refractivity contribution in [3.05, 3.63) is 0 Å². The van der Waals surface area contributed by atoms with Crippen LogP contribution in [0, 0.1) is 23.7 Å². The highest BCUT2D eigenvalue weighted by molar-refractivity contribution is 9.09. The van der Waals surface area contributed by atoms with Gasteiger partial charge in [-0.05, 0) is 69.1 Å². The Kier molecular flexibility index (Phi) is 15.0. The fraction of sp³-hybridized carbons (Fsp3) is 1.00. The minimum absolute atomic E-state index is 0.448. The summed E-state index contributed by atoms with van der Waals surface area (Å²) in [5, 5.41) is 0. The molecular weight excluding hydrogens is 352 g/mol. The van der Waals surface area contributed by atoms with Crippen LogP contribution in [0.1, 0.15) is 80.1 Å². The number of hydrogen-bond donors (Lipinski definition) is 0. The Hall–Kier alpha value is 0.400. The molecule has 0 aliphatic carbocycles. The van der Waals surface area contributed by atoms with E-state index in [1.165, 1.54) is 32.1 Å². The lowest BCUT2D eigenvalue weighted by Crippen LogP contribution is -2.12. The van der Waals surface area contributed by atoms with Crippen LogP contribution in [0.15, 0.2) is 0 Å². The highest BCUT2D eigenvalue weighted by atomic mass is 79.9. The summed E-state index contributed by atoms with van der Waals surface area (Å²) in [5.41, 5.74) is 0. The van der Waals surface area contributed by atoms with Gasteiger partial charge in [0.15, 0.2) is 0 Å². The van der Waals surface area contributed by atoms with Crippen LogP contribution in [-0.4, -0.2) is 24.8 Å². The average Bonchev–Trinajstić information content (AvgIpc) is 2.40. The number of hydrogen-bond acceptors (Lipinski definition) is 2. The van der Waals surface area contributed by atoms with Crippen LogP contribution in [0.4, 0.5) is 0 Å². The minimum Gasteiger partial charge on any atom is -0.356 e. The first-order valence-corrected chi connectivity index (χ1v) is 10.6. The van der Waals surface area contributed by atoms with Crippen molar-refractivity contribution in [2.45, 2.75) is 84.9 Å². The van der Waals surface area contributed by atoms with Crippen molar-refractivity contribution in [2.75, 3.05) is 20.0 Å². The predicted molar refractivity (Wildman–Crippen MR) is 105 cm³/mol. The Morgan fingerprint density at radius 1 is 0.739 bits per heavy atom. The van der Waals surface area contributed by atoms with Gasteiger partial charge in [-0.3, -0.25) is 0 Å². The van der Waals surface area contributed by atoms with Crippen molar-refractivity contribution in [3.8, 4) is 0 Å². The van der Waals surface area contributed by atoms with Crippen LogP contribution in [0.3, 0.4) is 0 Å². The van der Waals surface area contributed by atoms with Crippen molar-refractivity contribution >= 4 is 15.9 Å². The summed E-state index contributed by atoms with van der Waals surface area (Å²) in [4.78, 5) is 0.645. The second kappa shape index (κ2) is 14.7. The zero-order chi connectivity index (χ0) is 17.7. The number of alkyl halides is 1. The lowest BCUT2D eigenvalue weighted by atomic mass is 9.84. The van der Waals surface area contributed by atoms with E-state index in [2.05, 4.69) is 50.5 Å². The summed E-state index contributed by atoms with van der Waals surface area (Å²) in [6, 6.07) is 0. The molecule has 0 aromatic carbocycles. The molecule has 5 unspecified atom stereocenters. The first-order chi connectivity index (χ1) is 10.8. The van der Waals surface area contributed by atoms with E-state index >= 15 is 0 Å². The predicted octanol–water partition coefficient (Wildman–Crippen LogP) is 6.67. The third kappa shape index (κ3) is 15.7. The second-order valence-electron chi connectivity index (χ2n) is 7.81. The van der Waals surface area contributed by atoms with Gasteiger partial charge in [0.1, 0.15) is 6.79 Å². The third-order valence-corrected chi connectivity index (χ3v) is 4.87. The van der Waals surface area contributed by atoms with Gasteiger partial charge in [-0.2, -0.15) is 0 Å². The maximum absolute atomic E-state index is 5.44. The Labute approximate surface area is 154 Å². The molecule has 0 aliphatic heterocycles. The van der Waals surface area contributed by atoms with Gasteiger partial charge in [0, 0.05) is 18.0 Å². The highest BCUT2D eigenvalue weighted by Crippen LogP contribution is 2.27. The Morgan fingerprint density at radius 2 is 1.26 bits per heavy atom. The lowest BCUT2D eigenvalue weighted by molar-refractivity contribution is -0.0508. The van der Waals surface area contributed by atoms with Gasteiger partial charge in [-0.25, -0.2) is 0 Å². The summed E-state index contributed by atoms with van der Waals surface area (Å²) >= 11 is 3.67. The molecule has 0 aliphatic rings. The molecule has 0 fully saturated rings. The molecule has 0 saturated heterocycles. The van der Waals surface area contributed by atoms with Gasteiger partial charge in [0.05, 0.1) is 0 Å². The Morgan fingerprint density at radius 3 is 1.78 bits per heavy atom. The maximum atomic E-state index is 5.44. The molecule has 5 atom stereocenters. The summed E-state index contributed by atoms with van der Waals surface area (Å²) in [6.07, 6.45) is 7.78. The van der Waals surface area contributed by atoms with Crippen molar-refractivity contribution in [2.24, 2.45) is 23.7 Å². The van der Waals surface area contributed by atoms with E-state index in [0.717, 1.165) is 43.3 Å². The second-order valence-corrected chi connectivity index (χ2v) is 9.37. The van der Waals surface area contributed by atoms with Crippen LogP contribution in [-0.2, 0) is 9.47 Å². The van der Waals surface area contributed by atoms with Gasteiger partial charge in [0.2, 0.25) is 0 Å². The molecule has 0 heterocycles. The Bertz CT molecular complexity index is 258. The molecule has 0 spiro atoms. The van der Waals surface area contributed by atoms with E-state index in [9.17, 15) is 0 Å². The van der Waals surface area contributed by atoms with E-state index in [1.54, 1.807) is 0 Å². The molecule has 0 aromatic heterocycles. The normalized spacial score (nSPS) is 18.4. The van der Waals surface area contributed by atoms with E-state index in [4.69, 9.17) is 9.47 Å². The third-order valence-electron chi connectivity index (χ3n) is 4.50. The van der Waals surface area contributed by atoms with Gasteiger partial charge in [0.25, 0.3) is 0 Å². The van der Waals surface area contributed by atoms with E-state index in [0.29, 0.717) is 11.6 Å². The summed E-state index contributed by atoms with van der Waals surface area (Å²) in [6.45, 7) is 15.9. The zero-order valence-electron chi connectivity index (χ0n) is 16.4. The van der Waals surface area contributed by atoms with Gasteiger partial charge in [-0.15, -0.1) is 0 Å². The molecule has 0 amide bonds. The number of ether oxygens (including phenoxy) is 2. The standard InChI is InChI=1S/C20H41BrO2/c1-7-22-15-23-10-8-9-16(2)11-17(3)12-18(4)13-19(5)14-20(6)21/h16-20H,7-15H2,1-6H3. The van der Waals surface area contributed by atoms with Gasteiger partial charge in [-0.1, -0.05) is 50.5 Å². The molecule has 0 N–H and O–H groups in total. The van der Waals surface area contributed by atoms with Crippen molar-refractivity contribution in [1.29, 1.82) is 0 Å². The van der Waals surface area contributed by atoms with E-state index in [1.807, 2.05) is 6.92 Å². The molecule has 0 saturated carbocycles. The van der Waals surface area contributed by atoms with Crippen LogP contribution in [0.2, 0.25) is 0 Å². The fourth-order valence-electron chi connectivity index (χ4n) is 3.76. The van der Waals surface area contributed by atoms with Gasteiger partial charge >= 0.3 is 0 Å². The highest BCUT2D eigenvalue weighted by Gasteiger charge is 2.15. The quantitative estimate of drug-likeness (QED) is 0.176. The van der Waals surface area contributed by atoms with Crippen molar-refractivity contribution in [1.82, 2.24) is 0 Å². The van der Waals surface area contributed by atoms with Crippen molar-refractivity contribution < 1.29 is 9.47 Å². The van der Waals surface area contributed by atoms with Crippen LogP contribution in [0.25, 0.3) is 0 Å². The topological polar surface area (TPSA) is 18.5 Å². The largest absolute Gasteiger partial charge is 0.356 e. The molecule has 0 radical (unpaired) electrons.